The molecule has 146 valence electrons. The van der Waals surface area contributed by atoms with Gasteiger partial charge in [-0.2, -0.15) is 5.10 Å². The summed E-state index contributed by atoms with van der Waals surface area (Å²) in [5.74, 6) is -0.128. The molecule has 2 amide bonds. The minimum absolute atomic E-state index is 0.278. The number of anilines is 1. The highest BCUT2D eigenvalue weighted by atomic mass is 35.5. The molecule has 3 rings (SSSR count). The lowest BCUT2D eigenvalue weighted by molar-refractivity contribution is 0.0956. The number of benzene rings is 3. The van der Waals surface area contributed by atoms with Gasteiger partial charge < -0.3 is 10.1 Å². The second-order valence-corrected chi connectivity index (χ2v) is 6.36. The number of amides is 2. The number of nitrogens with zero attached hydrogens (tertiary/aromatic N) is 1. The lowest BCUT2D eigenvalue weighted by atomic mass is 10.1. The zero-order chi connectivity index (χ0) is 20.6. The van der Waals surface area contributed by atoms with E-state index in [-0.39, 0.29) is 5.56 Å². The van der Waals surface area contributed by atoms with E-state index in [1.54, 1.807) is 67.8 Å². The number of para-hydroxylation sites is 1. The number of hydrazone groups is 1. The number of rotatable bonds is 6. The smallest absolute Gasteiger partial charge is 0.273 e. The average molecular weight is 408 g/mol. The summed E-state index contributed by atoms with van der Waals surface area (Å²) in [6.07, 6.45) is 1.52. The van der Waals surface area contributed by atoms with Gasteiger partial charge in [-0.25, -0.2) is 5.43 Å². The first-order valence-electron chi connectivity index (χ1n) is 8.71. The lowest BCUT2D eigenvalue weighted by Crippen LogP contribution is -2.21. The molecule has 0 aliphatic rings. The molecule has 0 spiro atoms. The van der Waals surface area contributed by atoms with Crippen LogP contribution in [0.4, 0.5) is 5.69 Å². The van der Waals surface area contributed by atoms with Crippen molar-refractivity contribution in [1.82, 2.24) is 5.43 Å². The van der Waals surface area contributed by atoms with Crippen LogP contribution in [0.2, 0.25) is 5.02 Å². The summed E-state index contributed by atoms with van der Waals surface area (Å²) in [4.78, 5) is 25.0. The molecule has 6 nitrogen and oxygen atoms in total. The maximum atomic E-state index is 12.5. The van der Waals surface area contributed by atoms with Crippen molar-refractivity contribution in [3.63, 3.8) is 0 Å². The Kier molecular flexibility index (Phi) is 6.60. The molecular weight excluding hydrogens is 390 g/mol. The third-order valence-electron chi connectivity index (χ3n) is 4.03. The number of methoxy groups -OCH3 is 1. The second-order valence-electron chi connectivity index (χ2n) is 5.95. The first-order valence-corrected chi connectivity index (χ1v) is 9.08. The van der Waals surface area contributed by atoms with E-state index in [1.807, 2.05) is 12.1 Å². The largest absolute Gasteiger partial charge is 0.497 e. The summed E-state index contributed by atoms with van der Waals surface area (Å²) in [5, 5.41) is 7.02. The van der Waals surface area contributed by atoms with Crippen LogP contribution in [0.15, 0.2) is 77.9 Å². The predicted molar refractivity (Wildman–Crippen MR) is 114 cm³/mol. The Bertz CT molecular complexity index is 1050. The first kappa shape index (κ1) is 20.1. The fourth-order valence-electron chi connectivity index (χ4n) is 2.54. The van der Waals surface area contributed by atoms with Crippen molar-refractivity contribution >= 4 is 35.3 Å². The molecule has 0 atom stereocenters. The zero-order valence-corrected chi connectivity index (χ0v) is 16.3. The van der Waals surface area contributed by atoms with Crippen molar-refractivity contribution in [2.45, 2.75) is 0 Å². The van der Waals surface area contributed by atoms with Gasteiger partial charge in [0.05, 0.1) is 35.2 Å². The minimum Gasteiger partial charge on any atom is -0.497 e. The highest BCUT2D eigenvalue weighted by Gasteiger charge is 2.15. The first-order chi connectivity index (χ1) is 14.1. The molecule has 0 bridgehead atoms. The molecule has 0 aromatic heterocycles. The summed E-state index contributed by atoms with van der Waals surface area (Å²) in [6, 6.07) is 20.6. The maximum Gasteiger partial charge on any atom is 0.273 e. The van der Waals surface area contributed by atoms with Crippen LogP contribution in [0, 0.1) is 0 Å². The van der Waals surface area contributed by atoms with Crippen LogP contribution in [-0.2, 0) is 0 Å². The quantitative estimate of drug-likeness (QED) is 0.470. The van der Waals surface area contributed by atoms with Crippen molar-refractivity contribution in [2.75, 3.05) is 12.4 Å². The van der Waals surface area contributed by atoms with Gasteiger partial charge >= 0.3 is 0 Å². The molecular formula is C22H18ClN3O3. The van der Waals surface area contributed by atoms with Crippen LogP contribution >= 0.6 is 11.6 Å². The normalized spacial score (nSPS) is 10.6. The molecule has 0 radical (unpaired) electrons. The third-order valence-corrected chi connectivity index (χ3v) is 4.36. The summed E-state index contributed by atoms with van der Waals surface area (Å²) < 4.78 is 5.10. The Labute approximate surface area is 173 Å². The summed E-state index contributed by atoms with van der Waals surface area (Å²) in [5.41, 5.74) is 4.22. The van der Waals surface area contributed by atoms with Crippen molar-refractivity contribution in [3.8, 4) is 5.75 Å². The highest BCUT2D eigenvalue weighted by Crippen LogP contribution is 2.20. The van der Waals surface area contributed by atoms with Crippen molar-refractivity contribution in [1.29, 1.82) is 0 Å². The van der Waals surface area contributed by atoms with Crippen molar-refractivity contribution < 1.29 is 14.3 Å². The van der Waals surface area contributed by atoms with E-state index in [0.29, 0.717) is 16.3 Å². The standard InChI is InChI=1S/C22H18ClN3O3/c1-29-16-12-10-15(11-13-16)14-24-26-22(28)18-7-3-5-9-20(18)25-21(27)17-6-2-4-8-19(17)23/h2-14H,1H3,(H,25,27)(H,26,28)/b24-14-. The van der Waals surface area contributed by atoms with E-state index < -0.39 is 11.8 Å². The topological polar surface area (TPSA) is 79.8 Å². The molecule has 0 aliphatic carbocycles. The van der Waals surface area contributed by atoms with Crippen molar-refractivity contribution in [3.05, 3.63) is 94.5 Å². The van der Waals surface area contributed by atoms with Crippen LogP contribution in [0.3, 0.4) is 0 Å². The molecule has 29 heavy (non-hydrogen) atoms. The fraction of sp³-hybridized carbons (Fsp3) is 0.0455. The van der Waals surface area contributed by atoms with Gasteiger partial charge in [-0.1, -0.05) is 35.9 Å². The summed E-state index contributed by atoms with van der Waals surface area (Å²) in [7, 11) is 1.59. The molecule has 3 aromatic carbocycles. The average Bonchev–Trinajstić information content (AvgIpc) is 2.74. The highest BCUT2D eigenvalue weighted by molar-refractivity contribution is 6.34. The van der Waals surface area contributed by atoms with E-state index >= 15 is 0 Å². The molecule has 3 aromatic rings. The Balaban J connectivity index is 1.70. The number of hydrogen-bond acceptors (Lipinski definition) is 4. The molecule has 0 fully saturated rings. The van der Waals surface area contributed by atoms with Crippen LogP contribution < -0.4 is 15.5 Å². The van der Waals surface area contributed by atoms with Gasteiger partial charge in [0.1, 0.15) is 5.75 Å². The Hall–Kier alpha value is -3.64. The van der Waals surface area contributed by atoms with Gasteiger partial charge in [0, 0.05) is 0 Å². The van der Waals surface area contributed by atoms with Gasteiger partial charge in [-0.15, -0.1) is 0 Å². The molecule has 0 heterocycles. The number of halogens is 1. The summed E-state index contributed by atoms with van der Waals surface area (Å²) >= 11 is 6.07. The number of nitrogens with one attached hydrogen (secondary N) is 2. The second kappa shape index (κ2) is 9.52. The Morgan fingerprint density at radius 2 is 1.55 bits per heavy atom. The fourth-order valence-corrected chi connectivity index (χ4v) is 2.76. The van der Waals surface area contributed by atoms with Crippen LogP contribution in [0.1, 0.15) is 26.3 Å². The minimum atomic E-state index is -0.454. The number of ether oxygens (including phenoxy) is 1. The van der Waals surface area contributed by atoms with E-state index in [4.69, 9.17) is 16.3 Å². The van der Waals surface area contributed by atoms with Crippen LogP contribution in [0.5, 0.6) is 5.75 Å². The third kappa shape index (κ3) is 5.21. The van der Waals surface area contributed by atoms with Crippen LogP contribution in [-0.4, -0.2) is 25.1 Å². The van der Waals surface area contributed by atoms with E-state index in [9.17, 15) is 9.59 Å². The van der Waals surface area contributed by atoms with Crippen molar-refractivity contribution in [2.24, 2.45) is 5.10 Å². The maximum absolute atomic E-state index is 12.5. The van der Waals surface area contributed by atoms with Gasteiger partial charge in [0.25, 0.3) is 11.8 Å². The predicted octanol–water partition coefficient (Wildman–Crippen LogP) is 4.36. The zero-order valence-electron chi connectivity index (χ0n) is 15.6. The Morgan fingerprint density at radius 3 is 2.24 bits per heavy atom. The number of carbonyl (C=O) groups excluding carboxylic acids is 2. The lowest BCUT2D eigenvalue weighted by Gasteiger charge is -2.10. The number of hydrogen-bond donors (Lipinski definition) is 2. The molecule has 0 saturated carbocycles. The van der Waals surface area contributed by atoms with Crippen LogP contribution in [0.25, 0.3) is 0 Å². The van der Waals surface area contributed by atoms with Gasteiger partial charge in [-0.3, -0.25) is 9.59 Å². The SMILES string of the molecule is COc1ccc(/C=N\NC(=O)c2ccccc2NC(=O)c2ccccc2Cl)cc1. The molecule has 0 saturated heterocycles. The molecule has 7 heteroatoms. The van der Waals surface area contributed by atoms with Gasteiger partial charge in [0.2, 0.25) is 0 Å². The van der Waals surface area contributed by atoms with Gasteiger partial charge in [0.15, 0.2) is 0 Å². The van der Waals surface area contributed by atoms with E-state index in [0.717, 1.165) is 11.3 Å². The van der Waals surface area contributed by atoms with E-state index in [1.165, 1.54) is 6.21 Å². The molecule has 0 aliphatic heterocycles. The molecule has 2 N–H and O–H groups in total. The number of carbonyl (C=O) groups is 2. The van der Waals surface area contributed by atoms with E-state index in [2.05, 4.69) is 15.8 Å². The van der Waals surface area contributed by atoms with Gasteiger partial charge in [-0.05, 0) is 54.1 Å². The monoisotopic (exact) mass is 407 g/mol. The Morgan fingerprint density at radius 1 is 0.897 bits per heavy atom. The summed E-state index contributed by atoms with van der Waals surface area (Å²) in [6.45, 7) is 0. The molecule has 0 unspecified atom stereocenters.